The number of carbonyl (C=O) groups excluding carboxylic acids is 4. The number of benzene rings is 4. The first kappa shape index (κ1) is 30.8. The van der Waals surface area contributed by atoms with E-state index < -0.39 is 11.8 Å². The number of amides is 3. The zero-order chi connectivity index (χ0) is 30.6. The molecule has 0 saturated carbocycles. The predicted molar refractivity (Wildman–Crippen MR) is 170 cm³/mol. The Morgan fingerprint density at radius 2 is 1.37 bits per heavy atom. The highest BCUT2D eigenvalue weighted by Crippen LogP contribution is 2.23. The number of hydrogen-bond donors (Lipinski definition) is 3. The van der Waals surface area contributed by atoms with E-state index in [-0.39, 0.29) is 23.1 Å². The number of para-hydroxylation sites is 1. The molecule has 0 radical (unpaired) electrons. The lowest BCUT2D eigenvalue weighted by atomic mass is 10.1. The van der Waals surface area contributed by atoms with E-state index in [1.165, 1.54) is 18.7 Å². The summed E-state index contributed by atoms with van der Waals surface area (Å²) in [6, 6.07) is 29.7. The number of carbonyl (C=O) groups is 4. The fraction of sp³-hybridized carbons (Fsp3) is 0.118. The molecule has 0 fully saturated rings. The first-order valence-corrected chi connectivity index (χ1v) is 14.6. The molecule has 0 atom stereocenters. The molecule has 4 aromatic carbocycles. The molecule has 3 N–H and O–H groups in total. The van der Waals surface area contributed by atoms with Gasteiger partial charge >= 0.3 is 0 Å². The Balaban J connectivity index is 1.41. The lowest BCUT2D eigenvalue weighted by Gasteiger charge is -2.13. The van der Waals surface area contributed by atoms with Crippen molar-refractivity contribution >= 4 is 52.7 Å². The van der Waals surface area contributed by atoms with Gasteiger partial charge in [0, 0.05) is 33.0 Å². The Kier molecular flexibility index (Phi) is 10.9. The summed E-state index contributed by atoms with van der Waals surface area (Å²) in [7, 11) is 0. The van der Waals surface area contributed by atoms with E-state index in [4.69, 9.17) is 4.74 Å². The Labute approximate surface area is 254 Å². The lowest BCUT2D eigenvalue weighted by molar-refractivity contribution is -0.114. The Morgan fingerprint density at radius 1 is 0.744 bits per heavy atom. The van der Waals surface area contributed by atoms with Crippen molar-refractivity contribution in [1.29, 1.82) is 0 Å². The fourth-order valence-electron chi connectivity index (χ4n) is 3.95. The van der Waals surface area contributed by atoms with Crippen LogP contribution >= 0.6 is 11.8 Å². The van der Waals surface area contributed by atoms with Gasteiger partial charge < -0.3 is 20.7 Å². The molecule has 8 nitrogen and oxygen atoms in total. The zero-order valence-corrected chi connectivity index (χ0v) is 24.6. The number of Topliss-reactive ketones (excluding diaryl/α,β-unsaturated/α-hetero) is 1. The first-order chi connectivity index (χ1) is 20.8. The number of ether oxygens (including phenoxy) is 1. The zero-order valence-electron chi connectivity index (χ0n) is 23.8. The number of hydrogen-bond acceptors (Lipinski definition) is 6. The van der Waals surface area contributed by atoms with E-state index in [0.29, 0.717) is 40.4 Å². The molecule has 0 saturated heterocycles. The molecule has 0 bridgehead atoms. The summed E-state index contributed by atoms with van der Waals surface area (Å²) < 4.78 is 5.69. The second-order valence-corrected chi connectivity index (χ2v) is 10.3. The van der Waals surface area contributed by atoms with Gasteiger partial charge in [0.25, 0.3) is 11.8 Å². The summed E-state index contributed by atoms with van der Waals surface area (Å²) in [5.74, 6) is -0.388. The maximum Gasteiger partial charge on any atom is 0.272 e. The molecule has 0 aliphatic heterocycles. The summed E-state index contributed by atoms with van der Waals surface area (Å²) in [6.45, 7) is 3.81. The molecular formula is C34H31N3O5S. The Morgan fingerprint density at radius 3 is 2.05 bits per heavy atom. The molecule has 4 aromatic rings. The van der Waals surface area contributed by atoms with Crippen LogP contribution in [0.2, 0.25) is 0 Å². The molecule has 218 valence electrons. The first-order valence-electron chi connectivity index (χ1n) is 13.6. The van der Waals surface area contributed by atoms with Gasteiger partial charge in [-0.25, -0.2) is 0 Å². The van der Waals surface area contributed by atoms with Gasteiger partial charge in [0.15, 0.2) is 5.78 Å². The van der Waals surface area contributed by atoms with Crippen LogP contribution in [0.5, 0.6) is 5.75 Å². The van der Waals surface area contributed by atoms with Crippen molar-refractivity contribution in [2.24, 2.45) is 0 Å². The maximum absolute atomic E-state index is 13.4. The molecule has 43 heavy (non-hydrogen) atoms. The van der Waals surface area contributed by atoms with Crippen molar-refractivity contribution in [1.82, 2.24) is 5.32 Å². The van der Waals surface area contributed by atoms with Crippen molar-refractivity contribution in [3.05, 3.63) is 126 Å². The van der Waals surface area contributed by atoms with Gasteiger partial charge in [-0.2, -0.15) is 0 Å². The van der Waals surface area contributed by atoms with Crippen LogP contribution in [-0.4, -0.2) is 35.9 Å². The third kappa shape index (κ3) is 9.17. The molecule has 0 heterocycles. The predicted octanol–water partition coefficient (Wildman–Crippen LogP) is 6.43. The van der Waals surface area contributed by atoms with Crippen LogP contribution < -0.4 is 20.7 Å². The van der Waals surface area contributed by atoms with Crippen LogP contribution in [0.3, 0.4) is 0 Å². The van der Waals surface area contributed by atoms with Gasteiger partial charge in [0.2, 0.25) is 5.91 Å². The number of ketones is 1. The minimum Gasteiger partial charge on any atom is -0.493 e. The van der Waals surface area contributed by atoms with E-state index in [0.717, 1.165) is 4.90 Å². The smallest absolute Gasteiger partial charge is 0.272 e. The van der Waals surface area contributed by atoms with E-state index in [2.05, 4.69) is 16.0 Å². The van der Waals surface area contributed by atoms with E-state index in [9.17, 15) is 19.2 Å². The maximum atomic E-state index is 13.4. The summed E-state index contributed by atoms with van der Waals surface area (Å²) >= 11 is 1.34. The highest BCUT2D eigenvalue weighted by molar-refractivity contribution is 8.00. The third-order valence-electron chi connectivity index (χ3n) is 6.10. The van der Waals surface area contributed by atoms with E-state index in [1.807, 2.05) is 25.1 Å². The normalized spacial score (nSPS) is 10.9. The van der Waals surface area contributed by atoms with Crippen LogP contribution in [0.15, 0.2) is 114 Å². The minimum absolute atomic E-state index is 0.0378. The van der Waals surface area contributed by atoms with E-state index >= 15 is 0 Å². The van der Waals surface area contributed by atoms with Gasteiger partial charge in [-0.15, -0.1) is 11.8 Å². The van der Waals surface area contributed by atoms with Gasteiger partial charge in [-0.1, -0.05) is 36.4 Å². The molecule has 9 heteroatoms. The minimum atomic E-state index is -0.508. The largest absolute Gasteiger partial charge is 0.493 e. The topological polar surface area (TPSA) is 114 Å². The quantitative estimate of drug-likeness (QED) is 0.0992. The molecule has 4 rings (SSSR count). The van der Waals surface area contributed by atoms with Crippen molar-refractivity contribution < 1.29 is 23.9 Å². The van der Waals surface area contributed by atoms with Crippen LogP contribution in [0.1, 0.15) is 40.1 Å². The van der Waals surface area contributed by atoms with Gasteiger partial charge in [-0.05, 0) is 86.7 Å². The van der Waals surface area contributed by atoms with Crippen molar-refractivity contribution in [2.75, 3.05) is 23.0 Å². The lowest BCUT2D eigenvalue weighted by Crippen LogP contribution is -2.30. The molecule has 0 aromatic heterocycles. The number of rotatable bonds is 12. The highest BCUT2D eigenvalue weighted by atomic mass is 32.2. The van der Waals surface area contributed by atoms with Crippen molar-refractivity contribution in [2.45, 2.75) is 18.7 Å². The summed E-state index contributed by atoms with van der Waals surface area (Å²) in [5, 5.41) is 8.38. The molecule has 0 aliphatic rings. The van der Waals surface area contributed by atoms with Crippen LogP contribution in [0.25, 0.3) is 6.08 Å². The molecule has 0 spiro atoms. The van der Waals surface area contributed by atoms with E-state index in [1.54, 1.807) is 91.0 Å². The molecule has 0 unspecified atom stereocenters. The second-order valence-electron chi connectivity index (χ2n) is 9.30. The van der Waals surface area contributed by atoms with Crippen LogP contribution in [-0.2, 0) is 9.59 Å². The second kappa shape index (κ2) is 15.2. The number of thioether (sulfide) groups is 1. The van der Waals surface area contributed by atoms with Crippen molar-refractivity contribution in [3.8, 4) is 5.75 Å². The highest BCUT2D eigenvalue weighted by Gasteiger charge is 2.16. The van der Waals surface area contributed by atoms with Crippen LogP contribution in [0.4, 0.5) is 11.4 Å². The van der Waals surface area contributed by atoms with Gasteiger partial charge in [0.1, 0.15) is 11.4 Å². The van der Waals surface area contributed by atoms with Gasteiger partial charge in [-0.3, -0.25) is 19.2 Å². The number of nitrogens with one attached hydrogen (secondary N) is 3. The summed E-state index contributed by atoms with van der Waals surface area (Å²) in [4.78, 5) is 50.9. The van der Waals surface area contributed by atoms with Crippen molar-refractivity contribution in [3.63, 3.8) is 0 Å². The van der Waals surface area contributed by atoms with Crippen LogP contribution in [0, 0.1) is 0 Å². The average Bonchev–Trinajstić information content (AvgIpc) is 3.02. The molecule has 0 aliphatic carbocycles. The molecular weight excluding hydrogens is 562 g/mol. The summed E-state index contributed by atoms with van der Waals surface area (Å²) in [5.41, 5.74) is 2.81. The monoisotopic (exact) mass is 593 g/mol. The third-order valence-corrected chi connectivity index (χ3v) is 7.12. The number of anilines is 2. The van der Waals surface area contributed by atoms with Gasteiger partial charge in [0.05, 0.1) is 12.4 Å². The Bertz CT molecular complexity index is 1620. The SMILES string of the molecule is CCOc1ccccc1/C=C(\NC(=O)c1ccccc1)C(=O)Nc1ccc(SCC(=O)Nc2ccc(C(C)=O)cc2)cc1. The average molecular weight is 594 g/mol. The standard InChI is InChI=1S/C34H31N3O5S/c1-3-42-31-12-8-7-11-26(31)21-30(37-33(40)25-9-5-4-6-10-25)34(41)36-28-17-19-29(20-18-28)43-22-32(39)35-27-15-13-24(14-16-27)23(2)38/h4-21H,3,22H2,1-2H3,(H,35,39)(H,36,41)(H,37,40)/b30-21-. The molecule has 3 amide bonds. The Hall–Kier alpha value is -5.15. The fourth-order valence-corrected chi connectivity index (χ4v) is 4.65. The summed E-state index contributed by atoms with van der Waals surface area (Å²) in [6.07, 6.45) is 1.58.